The molecule has 1 aromatic carbocycles. The Labute approximate surface area is 156 Å². The topological polar surface area (TPSA) is 57.7 Å². The zero-order chi connectivity index (χ0) is 17.9. The second-order valence-corrected chi connectivity index (χ2v) is 9.29. The molecular weight excluding hydrogens is 380 g/mol. The normalized spacial score (nSPS) is 16.1. The van der Waals surface area contributed by atoms with Crippen molar-refractivity contribution in [2.75, 3.05) is 26.2 Å². The molecule has 1 amide bonds. The van der Waals surface area contributed by atoms with Crippen LogP contribution < -0.4 is 0 Å². The van der Waals surface area contributed by atoms with Crippen molar-refractivity contribution in [2.24, 2.45) is 0 Å². The minimum Gasteiger partial charge on any atom is -0.340 e. The third kappa shape index (κ3) is 4.61. The molecule has 3 rings (SSSR count). The van der Waals surface area contributed by atoms with E-state index in [9.17, 15) is 13.2 Å². The van der Waals surface area contributed by atoms with Crippen LogP contribution in [0, 0.1) is 0 Å². The van der Waals surface area contributed by atoms with Gasteiger partial charge in [0.25, 0.3) is 0 Å². The van der Waals surface area contributed by atoms with E-state index in [0.717, 1.165) is 4.88 Å². The lowest BCUT2D eigenvalue weighted by Gasteiger charge is -2.34. The number of amides is 1. The fourth-order valence-electron chi connectivity index (χ4n) is 2.79. The highest BCUT2D eigenvalue weighted by molar-refractivity contribution is 7.88. The fourth-order valence-corrected chi connectivity index (χ4v) is 5.32. The summed E-state index contributed by atoms with van der Waals surface area (Å²) in [6.45, 7) is 1.49. The number of rotatable bonds is 5. The van der Waals surface area contributed by atoms with Crippen LogP contribution in [-0.2, 0) is 27.0 Å². The van der Waals surface area contributed by atoms with E-state index >= 15 is 0 Å². The second-order valence-electron chi connectivity index (χ2n) is 5.88. The first kappa shape index (κ1) is 18.4. The molecule has 0 unspecified atom stereocenters. The van der Waals surface area contributed by atoms with Gasteiger partial charge in [0.1, 0.15) is 0 Å². The third-order valence-electron chi connectivity index (χ3n) is 4.19. The maximum absolute atomic E-state index is 12.6. The Morgan fingerprint density at radius 2 is 1.80 bits per heavy atom. The van der Waals surface area contributed by atoms with Crippen molar-refractivity contribution in [1.29, 1.82) is 0 Å². The zero-order valence-electron chi connectivity index (χ0n) is 13.6. The Morgan fingerprint density at radius 1 is 1.08 bits per heavy atom. The average Bonchev–Trinajstić information content (AvgIpc) is 3.10. The molecule has 1 aliphatic rings. The van der Waals surface area contributed by atoms with Crippen LogP contribution in [-0.4, -0.2) is 49.7 Å². The van der Waals surface area contributed by atoms with E-state index in [4.69, 9.17) is 11.6 Å². The summed E-state index contributed by atoms with van der Waals surface area (Å²) in [7, 11) is -3.44. The number of hydrogen-bond donors (Lipinski definition) is 0. The molecule has 2 heterocycles. The van der Waals surface area contributed by atoms with Crippen LogP contribution in [0.25, 0.3) is 0 Å². The monoisotopic (exact) mass is 398 g/mol. The molecule has 0 radical (unpaired) electrons. The summed E-state index contributed by atoms with van der Waals surface area (Å²) >= 11 is 7.62. The SMILES string of the molecule is O=C(Cc1cccs1)N1CCN(S(=O)(=O)Cc2ccccc2Cl)CC1. The van der Waals surface area contributed by atoms with Crippen molar-refractivity contribution in [2.45, 2.75) is 12.2 Å². The molecule has 1 saturated heterocycles. The van der Waals surface area contributed by atoms with E-state index in [1.54, 1.807) is 40.5 Å². The van der Waals surface area contributed by atoms with E-state index in [1.165, 1.54) is 4.31 Å². The van der Waals surface area contributed by atoms with Crippen LogP contribution >= 0.6 is 22.9 Å². The number of halogens is 1. The molecular formula is C17H19ClN2O3S2. The molecule has 1 aromatic heterocycles. The van der Waals surface area contributed by atoms with Gasteiger partial charge in [-0.15, -0.1) is 11.3 Å². The van der Waals surface area contributed by atoms with Gasteiger partial charge in [-0.1, -0.05) is 35.9 Å². The predicted octanol–water partition coefficient (Wildman–Crippen LogP) is 2.62. The van der Waals surface area contributed by atoms with Gasteiger partial charge >= 0.3 is 0 Å². The van der Waals surface area contributed by atoms with Gasteiger partial charge in [0.2, 0.25) is 15.9 Å². The number of sulfonamides is 1. The number of hydrogen-bond acceptors (Lipinski definition) is 4. The van der Waals surface area contributed by atoms with Crippen molar-refractivity contribution in [3.63, 3.8) is 0 Å². The van der Waals surface area contributed by atoms with Crippen LogP contribution in [0.15, 0.2) is 41.8 Å². The van der Waals surface area contributed by atoms with Gasteiger partial charge in [-0.25, -0.2) is 8.42 Å². The summed E-state index contributed by atoms with van der Waals surface area (Å²) in [6, 6.07) is 10.8. The number of piperazine rings is 1. The molecule has 134 valence electrons. The van der Waals surface area contributed by atoms with Gasteiger partial charge in [-0.2, -0.15) is 4.31 Å². The van der Waals surface area contributed by atoms with Gasteiger partial charge < -0.3 is 4.90 Å². The van der Waals surface area contributed by atoms with Gasteiger partial charge in [0.15, 0.2) is 0 Å². The molecule has 0 N–H and O–H groups in total. The Morgan fingerprint density at radius 3 is 2.44 bits per heavy atom. The highest BCUT2D eigenvalue weighted by Gasteiger charge is 2.29. The molecule has 0 aliphatic carbocycles. The average molecular weight is 399 g/mol. The molecule has 1 fully saturated rings. The van der Waals surface area contributed by atoms with Gasteiger partial charge in [-0.3, -0.25) is 4.79 Å². The number of benzene rings is 1. The number of thiophene rings is 1. The molecule has 5 nitrogen and oxygen atoms in total. The van der Waals surface area contributed by atoms with E-state index in [0.29, 0.717) is 43.2 Å². The van der Waals surface area contributed by atoms with Crippen LogP contribution in [0.4, 0.5) is 0 Å². The Balaban J connectivity index is 1.57. The van der Waals surface area contributed by atoms with Crippen molar-refractivity contribution in [3.05, 3.63) is 57.2 Å². The summed E-state index contributed by atoms with van der Waals surface area (Å²) in [6.07, 6.45) is 0.379. The first-order chi connectivity index (χ1) is 12.0. The van der Waals surface area contributed by atoms with Crippen molar-refractivity contribution < 1.29 is 13.2 Å². The number of carbonyl (C=O) groups is 1. The fraction of sp³-hybridized carbons (Fsp3) is 0.353. The quantitative estimate of drug-likeness (QED) is 0.777. The molecule has 2 aromatic rings. The predicted molar refractivity (Wildman–Crippen MR) is 100 cm³/mol. The van der Waals surface area contributed by atoms with Crippen LogP contribution in [0.5, 0.6) is 0 Å². The van der Waals surface area contributed by atoms with Gasteiger partial charge in [0, 0.05) is 36.1 Å². The molecule has 25 heavy (non-hydrogen) atoms. The lowest BCUT2D eigenvalue weighted by Crippen LogP contribution is -2.51. The summed E-state index contributed by atoms with van der Waals surface area (Å²) < 4.78 is 26.7. The summed E-state index contributed by atoms with van der Waals surface area (Å²) in [5.41, 5.74) is 0.598. The maximum atomic E-state index is 12.6. The Bertz CT molecular complexity index is 829. The second kappa shape index (κ2) is 7.86. The summed E-state index contributed by atoms with van der Waals surface area (Å²) in [5.74, 6) is -0.0684. The minimum absolute atomic E-state index is 0.0469. The first-order valence-corrected chi connectivity index (χ1v) is 10.8. The number of carbonyl (C=O) groups excluding carboxylic acids is 1. The zero-order valence-corrected chi connectivity index (χ0v) is 16.0. The third-order valence-corrected chi connectivity index (χ3v) is 7.26. The van der Waals surface area contributed by atoms with Crippen LogP contribution in [0.3, 0.4) is 0 Å². The first-order valence-electron chi connectivity index (χ1n) is 7.97. The lowest BCUT2D eigenvalue weighted by atomic mass is 10.2. The van der Waals surface area contributed by atoms with Crippen molar-refractivity contribution >= 4 is 38.9 Å². The molecule has 0 bridgehead atoms. The summed E-state index contributed by atoms with van der Waals surface area (Å²) in [4.78, 5) is 15.1. The minimum atomic E-state index is -3.44. The molecule has 0 saturated carbocycles. The lowest BCUT2D eigenvalue weighted by molar-refractivity contribution is -0.131. The summed E-state index contributed by atoms with van der Waals surface area (Å²) in [5, 5.41) is 2.40. The number of nitrogens with zero attached hydrogens (tertiary/aromatic N) is 2. The van der Waals surface area contributed by atoms with Gasteiger partial charge in [0.05, 0.1) is 12.2 Å². The van der Waals surface area contributed by atoms with E-state index in [-0.39, 0.29) is 11.7 Å². The smallest absolute Gasteiger partial charge is 0.227 e. The van der Waals surface area contributed by atoms with E-state index < -0.39 is 10.0 Å². The van der Waals surface area contributed by atoms with Crippen LogP contribution in [0.1, 0.15) is 10.4 Å². The molecule has 1 aliphatic heterocycles. The van der Waals surface area contributed by atoms with E-state index in [2.05, 4.69) is 0 Å². The highest BCUT2D eigenvalue weighted by atomic mass is 35.5. The van der Waals surface area contributed by atoms with Crippen molar-refractivity contribution in [1.82, 2.24) is 9.21 Å². The van der Waals surface area contributed by atoms with Gasteiger partial charge in [-0.05, 0) is 23.1 Å². The standard InChI is InChI=1S/C17H19ClN2O3S2/c18-16-6-2-1-4-14(16)13-25(22,23)20-9-7-19(8-10-20)17(21)12-15-5-3-11-24-15/h1-6,11H,7-10,12-13H2. The maximum Gasteiger partial charge on any atom is 0.227 e. The highest BCUT2D eigenvalue weighted by Crippen LogP contribution is 2.20. The Kier molecular flexibility index (Phi) is 5.78. The van der Waals surface area contributed by atoms with E-state index in [1.807, 2.05) is 17.5 Å². The molecule has 8 heteroatoms. The Hall–Kier alpha value is -1.41. The molecule has 0 spiro atoms. The van der Waals surface area contributed by atoms with Crippen molar-refractivity contribution in [3.8, 4) is 0 Å². The largest absolute Gasteiger partial charge is 0.340 e. The van der Waals surface area contributed by atoms with Crippen LogP contribution in [0.2, 0.25) is 5.02 Å². The molecule has 0 atom stereocenters.